The lowest BCUT2D eigenvalue weighted by Gasteiger charge is -2.15. The van der Waals surface area contributed by atoms with Crippen LogP contribution in [0, 0.1) is 18.3 Å². The average Bonchev–Trinajstić information content (AvgIpc) is 2.66. The molecule has 0 radical (unpaired) electrons. The second-order valence-electron chi connectivity index (χ2n) is 4.64. The van der Waals surface area contributed by atoms with E-state index in [4.69, 9.17) is 18.0 Å². The lowest BCUT2D eigenvalue weighted by molar-refractivity contribution is 0.0680. The van der Waals surface area contributed by atoms with Gasteiger partial charge in [0.15, 0.2) is 5.78 Å². The summed E-state index contributed by atoms with van der Waals surface area (Å²) in [5.74, 6) is 2.22. The topological polar surface area (TPSA) is 37.3 Å². The Balaban J connectivity index is 2.07. The Morgan fingerprint density at radius 1 is 1.56 bits per heavy atom. The van der Waals surface area contributed by atoms with Crippen molar-refractivity contribution in [1.29, 1.82) is 0 Å². The molecule has 1 aromatic carbocycles. The van der Waals surface area contributed by atoms with Crippen molar-refractivity contribution in [2.75, 3.05) is 0 Å². The summed E-state index contributed by atoms with van der Waals surface area (Å²) < 4.78 is 0. The fourth-order valence-corrected chi connectivity index (χ4v) is 2.62. The molecule has 2 atom stereocenters. The van der Waals surface area contributed by atoms with Crippen LogP contribution in [0.2, 0.25) is 5.02 Å². The summed E-state index contributed by atoms with van der Waals surface area (Å²) in [6, 6.07) is 5.27. The monoisotopic (exact) mass is 262 g/mol. The van der Waals surface area contributed by atoms with Crippen LogP contribution >= 0.6 is 11.6 Å². The second kappa shape index (κ2) is 5.56. The molecule has 1 aliphatic rings. The number of hydrogen-bond donors (Lipinski definition) is 1. The van der Waals surface area contributed by atoms with Gasteiger partial charge in [0.2, 0.25) is 0 Å². The third-order valence-electron chi connectivity index (χ3n) is 3.39. The molecular formula is C15H15ClO2. The van der Waals surface area contributed by atoms with E-state index < -0.39 is 6.10 Å². The molecule has 3 heteroatoms. The molecule has 0 saturated carbocycles. The van der Waals surface area contributed by atoms with Gasteiger partial charge in [-0.1, -0.05) is 11.6 Å². The Morgan fingerprint density at radius 2 is 2.33 bits per heavy atom. The molecule has 94 valence electrons. The largest absolute Gasteiger partial charge is 0.392 e. The Hall–Kier alpha value is -1.30. The van der Waals surface area contributed by atoms with Crippen molar-refractivity contribution in [3.8, 4) is 12.3 Å². The number of hydrogen-bond acceptors (Lipinski definition) is 2. The maximum absolute atomic E-state index is 12.1. The van der Waals surface area contributed by atoms with Gasteiger partial charge in [-0.25, -0.2) is 0 Å². The zero-order valence-corrected chi connectivity index (χ0v) is 10.8. The summed E-state index contributed by atoms with van der Waals surface area (Å²) in [4.78, 5) is 12.1. The van der Waals surface area contributed by atoms with Crippen LogP contribution in [0.3, 0.4) is 0 Å². The van der Waals surface area contributed by atoms with Crippen molar-refractivity contribution in [3.05, 3.63) is 34.3 Å². The molecule has 2 rings (SSSR count). The summed E-state index contributed by atoms with van der Waals surface area (Å²) in [5.41, 5.74) is 1.63. The Morgan fingerprint density at radius 3 is 3.06 bits per heavy atom. The summed E-state index contributed by atoms with van der Waals surface area (Å²) in [7, 11) is 0. The first-order chi connectivity index (χ1) is 8.63. The number of aliphatic hydroxyl groups is 1. The second-order valence-corrected chi connectivity index (χ2v) is 5.08. The van der Waals surface area contributed by atoms with Gasteiger partial charge in [0, 0.05) is 17.0 Å². The SMILES string of the molecule is C#CCCCC(O)C1Cc2cc(Cl)ccc2C1=O. The molecule has 1 aromatic rings. The van der Waals surface area contributed by atoms with Gasteiger partial charge < -0.3 is 5.11 Å². The van der Waals surface area contributed by atoms with Crippen LogP contribution in [0.15, 0.2) is 18.2 Å². The Labute approximate surface area is 112 Å². The molecule has 0 amide bonds. The molecule has 1 N–H and O–H groups in total. The normalized spacial score (nSPS) is 19.4. The van der Waals surface area contributed by atoms with Gasteiger partial charge in [0.05, 0.1) is 12.0 Å². The fraction of sp³-hybridized carbons (Fsp3) is 0.400. The standard InChI is InChI=1S/C15H15ClO2/c1-2-3-4-5-14(17)13-9-10-8-11(16)6-7-12(10)15(13)18/h1,6-8,13-14,17H,3-5,9H2. The van der Waals surface area contributed by atoms with E-state index in [1.807, 2.05) is 6.07 Å². The highest BCUT2D eigenvalue weighted by Crippen LogP contribution is 2.32. The maximum atomic E-state index is 12.1. The highest BCUT2D eigenvalue weighted by molar-refractivity contribution is 6.30. The van der Waals surface area contributed by atoms with Crippen LogP contribution in [0.1, 0.15) is 35.2 Å². The first-order valence-corrected chi connectivity index (χ1v) is 6.45. The number of carbonyl (C=O) groups excluding carboxylic acids is 1. The number of halogens is 1. The Bertz CT molecular complexity index is 502. The van der Waals surface area contributed by atoms with Crippen LogP contribution in [-0.2, 0) is 6.42 Å². The molecule has 18 heavy (non-hydrogen) atoms. The van der Waals surface area contributed by atoms with E-state index in [-0.39, 0.29) is 11.7 Å². The molecule has 1 aliphatic carbocycles. The quantitative estimate of drug-likeness (QED) is 0.669. The number of terminal acetylenes is 1. The molecule has 0 bridgehead atoms. The highest BCUT2D eigenvalue weighted by Gasteiger charge is 2.35. The molecule has 0 aliphatic heterocycles. The van der Waals surface area contributed by atoms with Crippen molar-refractivity contribution in [2.24, 2.45) is 5.92 Å². The van der Waals surface area contributed by atoms with E-state index >= 15 is 0 Å². The van der Waals surface area contributed by atoms with Crippen LogP contribution in [0.25, 0.3) is 0 Å². The minimum absolute atomic E-state index is 0.0230. The van der Waals surface area contributed by atoms with E-state index in [1.165, 1.54) is 0 Å². The maximum Gasteiger partial charge on any atom is 0.169 e. The minimum Gasteiger partial charge on any atom is -0.392 e. The van der Waals surface area contributed by atoms with E-state index in [1.54, 1.807) is 12.1 Å². The summed E-state index contributed by atoms with van der Waals surface area (Å²) in [6.45, 7) is 0. The number of unbranched alkanes of at least 4 members (excludes halogenated alkanes) is 1. The van der Waals surface area contributed by atoms with Gasteiger partial charge in [-0.15, -0.1) is 12.3 Å². The van der Waals surface area contributed by atoms with Crippen molar-refractivity contribution < 1.29 is 9.90 Å². The highest BCUT2D eigenvalue weighted by atomic mass is 35.5. The lowest BCUT2D eigenvalue weighted by atomic mass is 9.94. The minimum atomic E-state index is -0.614. The van der Waals surface area contributed by atoms with Crippen LogP contribution < -0.4 is 0 Å². The number of fused-ring (bicyclic) bond motifs is 1. The molecule has 0 fully saturated rings. The summed E-state index contributed by atoms with van der Waals surface area (Å²) in [6.07, 6.45) is 7.09. The van der Waals surface area contributed by atoms with Crippen molar-refractivity contribution in [1.82, 2.24) is 0 Å². The van der Waals surface area contributed by atoms with E-state index in [9.17, 15) is 9.90 Å². The molecule has 0 spiro atoms. The molecule has 0 saturated heterocycles. The Kier molecular flexibility index (Phi) is 4.06. The van der Waals surface area contributed by atoms with Crippen molar-refractivity contribution in [2.45, 2.75) is 31.8 Å². The van der Waals surface area contributed by atoms with Crippen molar-refractivity contribution >= 4 is 17.4 Å². The first-order valence-electron chi connectivity index (χ1n) is 6.07. The van der Waals surface area contributed by atoms with E-state index in [0.717, 1.165) is 12.0 Å². The van der Waals surface area contributed by atoms with Gasteiger partial charge in [0.1, 0.15) is 0 Å². The van der Waals surface area contributed by atoms with Gasteiger partial charge in [-0.2, -0.15) is 0 Å². The third kappa shape index (κ3) is 2.58. The van der Waals surface area contributed by atoms with Gasteiger partial charge >= 0.3 is 0 Å². The zero-order chi connectivity index (χ0) is 13.1. The first kappa shape index (κ1) is 13.1. The zero-order valence-electron chi connectivity index (χ0n) is 10.0. The predicted molar refractivity (Wildman–Crippen MR) is 71.7 cm³/mol. The summed E-state index contributed by atoms with van der Waals surface area (Å²) >= 11 is 5.90. The van der Waals surface area contributed by atoms with Gasteiger partial charge in [-0.05, 0) is 43.0 Å². The van der Waals surface area contributed by atoms with Gasteiger partial charge in [-0.3, -0.25) is 4.79 Å². The number of aliphatic hydroxyl groups excluding tert-OH is 1. The number of carbonyl (C=O) groups is 1. The number of rotatable bonds is 4. The van der Waals surface area contributed by atoms with Crippen LogP contribution in [0.5, 0.6) is 0 Å². The third-order valence-corrected chi connectivity index (χ3v) is 3.63. The molecule has 0 heterocycles. The van der Waals surface area contributed by atoms with Crippen LogP contribution in [0.4, 0.5) is 0 Å². The predicted octanol–water partition coefficient (Wildman–Crippen LogP) is 2.86. The number of benzene rings is 1. The fourth-order valence-electron chi connectivity index (χ4n) is 2.43. The average molecular weight is 263 g/mol. The molecule has 2 nitrogen and oxygen atoms in total. The van der Waals surface area contributed by atoms with E-state index in [2.05, 4.69) is 5.92 Å². The lowest BCUT2D eigenvalue weighted by Crippen LogP contribution is -2.25. The number of Topliss-reactive ketones (excluding diaryl/α,β-unsaturated/α-hetero) is 1. The molecular weight excluding hydrogens is 248 g/mol. The smallest absolute Gasteiger partial charge is 0.169 e. The number of ketones is 1. The summed E-state index contributed by atoms with van der Waals surface area (Å²) in [5, 5.41) is 10.7. The molecule has 0 aromatic heterocycles. The van der Waals surface area contributed by atoms with Crippen LogP contribution in [-0.4, -0.2) is 17.0 Å². The van der Waals surface area contributed by atoms with Crippen molar-refractivity contribution in [3.63, 3.8) is 0 Å². The van der Waals surface area contributed by atoms with Gasteiger partial charge in [0.25, 0.3) is 0 Å². The van der Waals surface area contributed by atoms with E-state index in [0.29, 0.717) is 29.8 Å². The molecule has 2 unspecified atom stereocenters.